The van der Waals surface area contributed by atoms with Gasteiger partial charge in [0.05, 0.1) is 29.8 Å². The maximum atomic E-state index is 12.6. The second-order valence-electron chi connectivity index (χ2n) is 5.16. The molecule has 0 radical (unpaired) electrons. The first-order chi connectivity index (χ1) is 10.3. The first-order valence-corrected chi connectivity index (χ1v) is 6.88. The Balaban J connectivity index is 1.67. The normalized spacial score (nSPS) is 19.3. The van der Waals surface area contributed by atoms with Gasteiger partial charge >= 0.3 is 6.03 Å². The second kappa shape index (κ2) is 4.69. The van der Waals surface area contributed by atoms with Crippen LogP contribution in [0.3, 0.4) is 0 Å². The van der Waals surface area contributed by atoms with Crippen LogP contribution in [0.25, 0.3) is 0 Å². The van der Waals surface area contributed by atoms with Crippen molar-refractivity contribution in [2.45, 2.75) is 12.5 Å². The Bertz CT molecular complexity index is 676. The average molecular weight is 282 g/mol. The maximum Gasteiger partial charge on any atom is 0.327 e. The lowest BCUT2D eigenvalue weighted by Crippen LogP contribution is -2.48. The number of pyridine rings is 1. The van der Waals surface area contributed by atoms with E-state index in [1.165, 1.54) is 6.33 Å². The molecule has 1 saturated heterocycles. The number of hydrogen-bond donors (Lipinski definition) is 1. The van der Waals surface area contributed by atoms with Crippen molar-refractivity contribution in [3.05, 3.63) is 37.1 Å². The largest absolute Gasteiger partial charge is 0.366 e. The Morgan fingerprint density at radius 2 is 2.19 bits per heavy atom. The van der Waals surface area contributed by atoms with Crippen LogP contribution in [0, 0.1) is 0 Å². The number of amides is 2. The Morgan fingerprint density at radius 1 is 1.33 bits per heavy atom. The van der Waals surface area contributed by atoms with Crippen molar-refractivity contribution in [3.63, 3.8) is 0 Å². The lowest BCUT2D eigenvalue weighted by molar-refractivity contribution is 0.255. The summed E-state index contributed by atoms with van der Waals surface area (Å²) in [6, 6.07) is 3.89. The highest BCUT2D eigenvalue weighted by Crippen LogP contribution is 2.38. The summed E-state index contributed by atoms with van der Waals surface area (Å²) in [5.41, 5.74) is 1.60. The number of nitrogens with one attached hydrogen (secondary N) is 1. The third kappa shape index (κ3) is 1.97. The van der Waals surface area contributed by atoms with E-state index in [4.69, 9.17) is 0 Å². The summed E-state index contributed by atoms with van der Waals surface area (Å²) in [5.74, 6) is 0.723. The van der Waals surface area contributed by atoms with Gasteiger partial charge in [-0.25, -0.2) is 19.7 Å². The molecule has 4 rings (SSSR count). The molecular formula is C14H14N6O. The summed E-state index contributed by atoms with van der Waals surface area (Å²) in [5, 5.41) is 2.84. The number of nitrogens with zero attached hydrogens (tertiary/aromatic N) is 5. The van der Waals surface area contributed by atoms with Gasteiger partial charge < -0.3 is 10.2 Å². The molecule has 7 heteroatoms. The van der Waals surface area contributed by atoms with E-state index < -0.39 is 0 Å². The smallest absolute Gasteiger partial charge is 0.327 e. The molecule has 106 valence electrons. The first kappa shape index (κ1) is 12.1. The summed E-state index contributed by atoms with van der Waals surface area (Å²) in [7, 11) is 0. The average Bonchev–Trinajstić information content (AvgIpc) is 2.93. The summed E-state index contributed by atoms with van der Waals surface area (Å²) < 4.78 is 0. The molecule has 2 aliphatic rings. The zero-order valence-electron chi connectivity index (χ0n) is 11.3. The standard InChI is InChI=1S/C14H14N6O/c21-14(18-10-6-15-9-16-7-10)20-11-3-5-19(8-11)12-2-1-4-17-13(12)20/h1-2,4,6-7,9,11H,3,5,8H2,(H,18,21). The number of carbonyl (C=O) groups excluding carboxylic acids is 1. The summed E-state index contributed by atoms with van der Waals surface area (Å²) in [6.07, 6.45) is 7.26. The van der Waals surface area contributed by atoms with Gasteiger partial charge in [-0.3, -0.25) is 4.90 Å². The molecule has 0 spiro atoms. The van der Waals surface area contributed by atoms with Crippen molar-refractivity contribution < 1.29 is 4.79 Å². The van der Waals surface area contributed by atoms with Crippen LogP contribution < -0.4 is 15.1 Å². The van der Waals surface area contributed by atoms with Crippen molar-refractivity contribution in [1.82, 2.24) is 15.0 Å². The molecule has 0 saturated carbocycles. The van der Waals surface area contributed by atoms with Crippen LogP contribution in [-0.2, 0) is 0 Å². The molecular weight excluding hydrogens is 268 g/mol. The third-order valence-electron chi connectivity index (χ3n) is 3.89. The van der Waals surface area contributed by atoms with Gasteiger partial charge in [0.25, 0.3) is 0 Å². The predicted molar refractivity (Wildman–Crippen MR) is 78.4 cm³/mol. The van der Waals surface area contributed by atoms with Crippen molar-refractivity contribution in [2.24, 2.45) is 0 Å². The Kier molecular flexibility index (Phi) is 2.70. The van der Waals surface area contributed by atoms with Gasteiger partial charge in [-0.1, -0.05) is 0 Å². The minimum atomic E-state index is -0.184. The summed E-state index contributed by atoms with van der Waals surface area (Å²) in [6.45, 7) is 1.82. The van der Waals surface area contributed by atoms with E-state index in [0.717, 1.165) is 31.0 Å². The number of fused-ring (bicyclic) bond motifs is 4. The van der Waals surface area contributed by atoms with Crippen LogP contribution in [0.1, 0.15) is 6.42 Å². The highest BCUT2D eigenvalue weighted by atomic mass is 16.2. The lowest BCUT2D eigenvalue weighted by atomic mass is 10.2. The first-order valence-electron chi connectivity index (χ1n) is 6.88. The van der Waals surface area contributed by atoms with Gasteiger partial charge in [-0.15, -0.1) is 0 Å². The lowest BCUT2D eigenvalue weighted by Gasteiger charge is -2.35. The SMILES string of the molecule is O=C(Nc1cncnc1)N1c2ncccc2N2CCC1C2. The molecule has 0 aliphatic carbocycles. The zero-order valence-corrected chi connectivity index (χ0v) is 11.3. The monoisotopic (exact) mass is 282 g/mol. The molecule has 1 N–H and O–H groups in total. The van der Waals surface area contributed by atoms with E-state index in [0.29, 0.717) is 5.69 Å². The van der Waals surface area contributed by atoms with Gasteiger partial charge in [0, 0.05) is 19.3 Å². The molecule has 1 fully saturated rings. The van der Waals surface area contributed by atoms with Gasteiger partial charge in [-0.05, 0) is 18.6 Å². The number of carbonyl (C=O) groups is 1. The summed E-state index contributed by atoms with van der Waals surface area (Å²) in [4.78, 5) is 28.9. The highest BCUT2D eigenvalue weighted by Gasteiger charge is 2.39. The molecule has 2 aliphatic heterocycles. The fourth-order valence-corrected chi connectivity index (χ4v) is 2.97. The Hall–Kier alpha value is -2.70. The van der Waals surface area contributed by atoms with E-state index in [2.05, 4.69) is 25.2 Å². The van der Waals surface area contributed by atoms with E-state index in [-0.39, 0.29) is 12.1 Å². The van der Waals surface area contributed by atoms with Crippen molar-refractivity contribution >= 4 is 23.2 Å². The van der Waals surface area contributed by atoms with Crippen molar-refractivity contribution in [3.8, 4) is 0 Å². The molecule has 2 amide bonds. The number of urea groups is 1. The Morgan fingerprint density at radius 3 is 3.05 bits per heavy atom. The van der Waals surface area contributed by atoms with Crippen LogP contribution >= 0.6 is 0 Å². The van der Waals surface area contributed by atoms with Crippen LogP contribution in [0.15, 0.2) is 37.1 Å². The minimum Gasteiger partial charge on any atom is -0.366 e. The summed E-state index contributed by atoms with van der Waals surface area (Å²) >= 11 is 0. The quantitative estimate of drug-likeness (QED) is 0.858. The van der Waals surface area contributed by atoms with Gasteiger partial charge in [-0.2, -0.15) is 0 Å². The minimum absolute atomic E-state index is 0.164. The highest BCUT2D eigenvalue weighted by molar-refractivity contribution is 6.04. The molecule has 1 atom stereocenters. The van der Waals surface area contributed by atoms with E-state index in [1.807, 2.05) is 12.1 Å². The molecule has 21 heavy (non-hydrogen) atoms. The van der Waals surface area contributed by atoms with Crippen LogP contribution in [0.4, 0.5) is 22.0 Å². The molecule has 2 aromatic heterocycles. The molecule has 7 nitrogen and oxygen atoms in total. The molecule has 1 unspecified atom stereocenters. The predicted octanol–water partition coefficient (Wildman–Crippen LogP) is 1.50. The molecule has 2 bridgehead atoms. The van der Waals surface area contributed by atoms with Crippen molar-refractivity contribution in [1.29, 1.82) is 0 Å². The fourth-order valence-electron chi connectivity index (χ4n) is 2.97. The maximum absolute atomic E-state index is 12.6. The fraction of sp³-hybridized carbons (Fsp3) is 0.286. The number of hydrogen-bond acceptors (Lipinski definition) is 5. The van der Waals surface area contributed by atoms with Gasteiger partial charge in [0.15, 0.2) is 5.82 Å². The van der Waals surface area contributed by atoms with Crippen LogP contribution in [0.2, 0.25) is 0 Å². The topological polar surface area (TPSA) is 74.2 Å². The van der Waals surface area contributed by atoms with E-state index >= 15 is 0 Å². The van der Waals surface area contributed by atoms with Gasteiger partial charge in [0.2, 0.25) is 0 Å². The third-order valence-corrected chi connectivity index (χ3v) is 3.89. The number of aromatic nitrogens is 3. The van der Waals surface area contributed by atoms with Crippen LogP contribution in [0.5, 0.6) is 0 Å². The molecule has 0 aromatic carbocycles. The van der Waals surface area contributed by atoms with Gasteiger partial charge in [0.1, 0.15) is 6.33 Å². The Labute approximate surface area is 121 Å². The second-order valence-corrected chi connectivity index (χ2v) is 5.16. The van der Waals surface area contributed by atoms with Crippen LogP contribution in [-0.4, -0.2) is 40.1 Å². The molecule has 4 heterocycles. The van der Waals surface area contributed by atoms with E-state index in [9.17, 15) is 4.79 Å². The van der Waals surface area contributed by atoms with E-state index in [1.54, 1.807) is 23.5 Å². The zero-order chi connectivity index (χ0) is 14.2. The van der Waals surface area contributed by atoms with Crippen molar-refractivity contribution in [2.75, 3.05) is 28.2 Å². The molecule has 2 aromatic rings. The number of anilines is 3. The number of rotatable bonds is 1.